The molecule has 2 rings (SSSR count). The average Bonchev–Trinajstić information content (AvgIpc) is 2.18. The van der Waals surface area contributed by atoms with E-state index in [1.165, 1.54) is 0 Å². The number of aromatic nitrogens is 1. The van der Waals surface area contributed by atoms with Crippen molar-refractivity contribution in [1.29, 1.82) is 0 Å². The highest BCUT2D eigenvalue weighted by Crippen LogP contribution is 2.21. The first kappa shape index (κ1) is 11.3. The van der Waals surface area contributed by atoms with Gasteiger partial charge >= 0.3 is 5.97 Å². The van der Waals surface area contributed by atoms with Gasteiger partial charge in [-0.1, -0.05) is 0 Å². The molecule has 1 aromatic carbocycles. The summed E-state index contributed by atoms with van der Waals surface area (Å²) in [5.74, 6) is -0.814. The highest BCUT2D eigenvalue weighted by Gasteiger charge is 2.08. The summed E-state index contributed by atoms with van der Waals surface area (Å²) >= 11 is 2.21. The lowest BCUT2D eigenvalue weighted by Crippen LogP contribution is -2.02. The van der Waals surface area contributed by atoms with Crippen molar-refractivity contribution in [2.75, 3.05) is 0 Å². The molecule has 1 heterocycles. The smallest absolute Gasteiger partial charge is 0.307 e. The summed E-state index contributed by atoms with van der Waals surface area (Å²) in [5.41, 5.74) is 2.54. The number of nitrogens with zero attached hydrogens (tertiary/aromatic N) is 1. The Hall–Kier alpha value is -1.17. The van der Waals surface area contributed by atoms with Crippen LogP contribution in [-0.2, 0) is 11.2 Å². The summed E-state index contributed by atoms with van der Waals surface area (Å²) in [5, 5.41) is 9.79. The minimum absolute atomic E-state index is 0.0416. The summed E-state index contributed by atoms with van der Waals surface area (Å²) in [6, 6.07) is 7.71. The monoisotopic (exact) mass is 327 g/mol. The van der Waals surface area contributed by atoms with E-state index >= 15 is 0 Å². The number of carbonyl (C=O) groups is 1. The highest BCUT2D eigenvalue weighted by atomic mass is 127. The number of pyridine rings is 1. The molecule has 0 atom stereocenters. The van der Waals surface area contributed by atoms with E-state index in [4.69, 9.17) is 5.11 Å². The molecule has 0 saturated carbocycles. The van der Waals surface area contributed by atoms with Crippen LogP contribution in [0.15, 0.2) is 24.3 Å². The maximum absolute atomic E-state index is 10.8. The summed E-state index contributed by atoms with van der Waals surface area (Å²) in [7, 11) is 0. The van der Waals surface area contributed by atoms with Crippen molar-refractivity contribution in [1.82, 2.24) is 4.98 Å². The molecule has 16 heavy (non-hydrogen) atoms. The van der Waals surface area contributed by atoms with Gasteiger partial charge in [-0.05, 0) is 59.3 Å². The zero-order chi connectivity index (χ0) is 11.7. The van der Waals surface area contributed by atoms with Crippen molar-refractivity contribution < 1.29 is 9.90 Å². The minimum Gasteiger partial charge on any atom is -0.481 e. The van der Waals surface area contributed by atoms with Crippen molar-refractivity contribution in [2.45, 2.75) is 13.3 Å². The van der Waals surface area contributed by atoms with Gasteiger partial charge < -0.3 is 5.11 Å². The third kappa shape index (κ3) is 2.32. The first-order valence-electron chi connectivity index (χ1n) is 4.84. The van der Waals surface area contributed by atoms with Gasteiger partial charge in [0.1, 0.15) is 0 Å². The number of aliphatic carboxylic acids is 1. The zero-order valence-corrected chi connectivity index (χ0v) is 10.9. The van der Waals surface area contributed by atoms with Gasteiger partial charge in [0.25, 0.3) is 0 Å². The van der Waals surface area contributed by atoms with Gasteiger partial charge in [-0.3, -0.25) is 9.78 Å². The van der Waals surface area contributed by atoms with E-state index in [2.05, 4.69) is 27.6 Å². The maximum atomic E-state index is 10.8. The van der Waals surface area contributed by atoms with Crippen LogP contribution in [0.5, 0.6) is 0 Å². The maximum Gasteiger partial charge on any atom is 0.307 e. The Morgan fingerprint density at radius 1 is 1.44 bits per heavy atom. The molecule has 0 bridgehead atoms. The Balaban J connectivity index is 2.69. The number of halogens is 1. The standard InChI is InChI=1S/C12H10INO2/c1-7-4-8(5-12(15)16)10-6-9(13)2-3-11(10)14-7/h2-4,6H,5H2,1H3,(H,15,16). The molecule has 0 radical (unpaired) electrons. The largest absolute Gasteiger partial charge is 0.481 e. The molecule has 4 heteroatoms. The fraction of sp³-hybridized carbons (Fsp3) is 0.167. The van der Waals surface area contributed by atoms with Crippen LogP contribution in [0.4, 0.5) is 0 Å². The van der Waals surface area contributed by atoms with Gasteiger partial charge in [-0.2, -0.15) is 0 Å². The molecule has 1 aromatic heterocycles. The first-order chi connectivity index (χ1) is 7.56. The minimum atomic E-state index is -0.814. The van der Waals surface area contributed by atoms with Crippen LogP contribution < -0.4 is 0 Å². The van der Waals surface area contributed by atoms with Crippen LogP contribution in [0.2, 0.25) is 0 Å². The predicted molar refractivity (Wildman–Crippen MR) is 70.5 cm³/mol. The number of aryl methyl sites for hydroxylation is 1. The van der Waals surface area contributed by atoms with Crippen molar-refractivity contribution in [3.8, 4) is 0 Å². The van der Waals surface area contributed by atoms with Gasteiger partial charge in [-0.25, -0.2) is 0 Å². The van der Waals surface area contributed by atoms with Crippen molar-refractivity contribution in [3.05, 3.63) is 39.1 Å². The summed E-state index contributed by atoms with van der Waals surface area (Å²) in [4.78, 5) is 15.2. The molecule has 1 N–H and O–H groups in total. The molecule has 0 aliphatic carbocycles. The molecule has 2 aromatic rings. The Morgan fingerprint density at radius 2 is 2.19 bits per heavy atom. The van der Waals surface area contributed by atoms with Crippen LogP contribution in [-0.4, -0.2) is 16.1 Å². The summed E-state index contributed by atoms with van der Waals surface area (Å²) < 4.78 is 1.09. The van der Waals surface area contributed by atoms with E-state index < -0.39 is 5.97 Å². The number of carboxylic acid groups (broad SMARTS) is 1. The molecular formula is C12H10INO2. The number of hydrogen-bond acceptors (Lipinski definition) is 2. The lowest BCUT2D eigenvalue weighted by Gasteiger charge is -2.06. The fourth-order valence-corrected chi connectivity index (χ4v) is 2.22. The molecular weight excluding hydrogens is 317 g/mol. The normalized spacial score (nSPS) is 10.6. The second-order valence-electron chi connectivity index (χ2n) is 3.65. The van der Waals surface area contributed by atoms with Crippen molar-refractivity contribution in [3.63, 3.8) is 0 Å². The van der Waals surface area contributed by atoms with E-state index in [9.17, 15) is 4.79 Å². The number of rotatable bonds is 2. The second-order valence-corrected chi connectivity index (χ2v) is 4.90. The van der Waals surface area contributed by atoms with E-state index in [1.807, 2.05) is 31.2 Å². The molecule has 0 amide bonds. The lowest BCUT2D eigenvalue weighted by atomic mass is 10.1. The summed E-state index contributed by atoms with van der Waals surface area (Å²) in [6.07, 6.45) is 0.0416. The van der Waals surface area contributed by atoms with Gasteiger partial charge in [0.05, 0.1) is 11.9 Å². The third-order valence-electron chi connectivity index (χ3n) is 2.33. The average molecular weight is 327 g/mol. The molecule has 0 saturated heterocycles. The van der Waals surface area contributed by atoms with Crippen LogP contribution in [0.1, 0.15) is 11.3 Å². The van der Waals surface area contributed by atoms with Crippen molar-refractivity contribution in [2.24, 2.45) is 0 Å². The molecule has 0 fully saturated rings. The Morgan fingerprint density at radius 3 is 2.88 bits per heavy atom. The van der Waals surface area contributed by atoms with E-state index in [-0.39, 0.29) is 6.42 Å². The van der Waals surface area contributed by atoms with Crippen LogP contribution in [0.25, 0.3) is 10.9 Å². The lowest BCUT2D eigenvalue weighted by molar-refractivity contribution is -0.136. The Bertz CT molecular complexity index is 566. The number of fused-ring (bicyclic) bond motifs is 1. The van der Waals surface area contributed by atoms with Crippen LogP contribution in [0.3, 0.4) is 0 Å². The first-order valence-corrected chi connectivity index (χ1v) is 5.92. The number of carboxylic acids is 1. The van der Waals surface area contributed by atoms with Crippen molar-refractivity contribution >= 4 is 39.5 Å². The zero-order valence-electron chi connectivity index (χ0n) is 8.70. The molecule has 0 aliphatic heterocycles. The fourth-order valence-electron chi connectivity index (χ4n) is 1.72. The topological polar surface area (TPSA) is 50.2 Å². The van der Waals surface area contributed by atoms with Gasteiger partial charge in [-0.15, -0.1) is 0 Å². The quantitative estimate of drug-likeness (QED) is 0.863. The molecule has 0 aliphatic rings. The number of hydrogen-bond donors (Lipinski definition) is 1. The highest BCUT2D eigenvalue weighted by molar-refractivity contribution is 14.1. The molecule has 3 nitrogen and oxygen atoms in total. The molecule has 0 unspecified atom stereocenters. The van der Waals surface area contributed by atoms with E-state index in [0.29, 0.717) is 0 Å². The Labute approximate surface area is 107 Å². The Kier molecular flexibility index (Phi) is 3.09. The summed E-state index contributed by atoms with van der Waals surface area (Å²) in [6.45, 7) is 1.88. The van der Waals surface area contributed by atoms with Gasteiger partial charge in [0.2, 0.25) is 0 Å². The predicted octanol–water partition coefficient (Wildman–Crippen LogP) is 2.77. The van der Waals surface area contributed by atoms with E-state index in [1.54, 1.807) is 0 Å². The number of benzene rings is 1. The van der Waals surface area contributed by atoms with Gasteiger partial charge in [0, 0.05) is 14.7 Å². The van der Waals surface area contributed by atoms with Crippen LogP contribution >= 0.6 is 22.6 Å². The van der Waals surface area contributed by atoms with E-state index in [0.717, 1.165) is 25.7 Å². The third-order valence-corrected chi connectivity index (χ3v) is 3.00. The van der Waals surface area contributed by atoms with Gasteiger partial charge in [0.15, 0.2) is 0 Å². The second kappa shape index (κ2) is 4.37. The van der Waals surface area contributed by atoms with Crippen LogP contribution in [0, 0.1) is 10.5 Å². The molecule has 82 valence electrons. The SMILES string of the molecule is Cc1cc(CC(=O)O)c2cc(I)ccc2n1. The molecule has 0 spiro atoms.